The molecule has 61 heavy (non-hydrogen) atoms. The smallest absolute Gasteiger partial charge is 0.387 e. The molecule has 3 unspecified atom stereocenters. The van der Waals surface area contributed by atoms with Gasteiger partial charge in [0.25, 0.3) is 0 Å². The molecule has 3 atom stereocenters. The quantitative estimate of drug-likeness (QED) is 0.0243. The van der Waals surface area contributed by atoms with Crippen LogP contribution in [0.2, 0.25) is 0 Å². The summed E-state index contributed by atoms with van der Waals surface area (Å²) in [7, 11) is 1.58. The van der Waals surface area contributed by atoms with Crippen LogP contribution in [0.25, 0.3) is 0 Å². The maximum atomic E-state index is 12.9. The first kappa shape index (κ1) is 60.0. The Morgan fingerprint density at radius 3 is 1.26 bits per heavy atom. The zero-order valence-corrected chi connectivity index (χ0v) is 42.1. The Bertz CT molecular complexity index is 1050. The number of carbonyl (C=O) groups is 1. The van der Waals surface area contributed by atoms with Crippen molar-refractivity contribution in [2.45, 2.75) is 264 Å². The lowest BCUT2D eigenvalue weighted by Crippen LogP contribution is -2.45. The molecule has 362 valence electrons. The topological polar surface area (TPSA) is 105 Å². The maximum absolute atomic E-state index is 12.9. The fourth-order valence-corrected chi connectivity index (χ4v) is 8.48. The Morgan fingerprint density at radius 2 is 0.885 bits per heavy atom. The molecule has 0 aromatic heterocycles. The van der Waals surface area contributed by atoms with Crippen LogP contribution in [0.1, 0.15) is 251 Å². The summed E-state index contributed by atoms with van der Waals surface area (Å²) in [5.74, 6) is -0.177. The van der Waals surface area contributed by atoms with Gasteiger partial charge in [0.15, 0.2) is 0 Å². The van der Waals surface area contributed by atoms with Crippen molar-refractivity contribution in [3.63, 3.8) is 0 Å². The van der Waals surface area contributed by atoms with Gasteiger partial charge in [-0.15, -0.1) is 0 Å². The van der Waals surface area contributed by atoms with E-state index in [1.807, 2.05) is 27.2 Å². The van der Waals surface area contributed by atoms with Gasteiger partial charge in [0.1, 0.15) is 13.2 Å². The number of likely N-dealkylation sites (N-methyl/N-ethyl adjacent to an activating group) is 1. The maximum Gasteiger partial charge on any atom is 0.472 e. The molecule has 0 aliphatic heterocycles. The number of aliphatic hydroxyl groups is 1. The monoisotopic (exact) mass is 884 g/mol. The first-order valence-corrected chi connectivity index (χ1v) is 27.7. The number of hydrogen-bond acceptors (Lipinski definition) is 5. The Labute approximate surface area is 379 Å². The van der Waals surface area contributed by atoms with E-state index < -0.39 is 20.0 Å². The van der Waals surface area contributed by atoms with Gasteiger partial charge in [-0.05, 0) is 44.9 Å². The number of hydrogen-bond donors (Lipinski definition) is 3. The third-order valence-corrected chi connectivity index (χ3v) is 12.9. The van der Waals surface area contributed by atoms with Gasteiger partial charge in [-0.2, -0.15) is 0 Å². The van der Waals surface area contributed by atoms with E-state index in [2.05, 4.69) is 31.3 Å². The highest BCUT2D eigenvalue weighted by Crippen LogP contribution is 2.43. The molecule has 3 N–H and O–H groups in total. The molecule has 0 aromatic rings. The predicted molar refractivity (Wildman–Crippen MR) is 263 cm³/mol. The molecule has 0 rings (SSSR count). The molecule has 0 spiro atoms. The van der Waals surface area contributed by atoms with Gasteiger partial charge >= 0.3 is 7.82 Å². The molecule has 1 amide bonds. The summed E-state index contributed by atoms with van der Waals surface area (Å²) < 4.78 is 23.6. The summed E-state index contributed by atoms with van der Waals surface area (Å²) in [6, 6.07) is -0.845. The SMILES string of the molecule is CCCCCCCCCCCCCC/C=C\CCCCCCCCCCCC(=O)NC(COP(=O)(O)OCC[N+](C)(C)C)C(O)/C=C/CCCCCCCCCCCCCC. The number of nitrogens with one attached hydrogen (secondary N) is 1. The first-order valence-electron chi connectivity index (χ1n) is 26.2. The summed E-state index contributed by atoms with van der Waals surface area (Å²) in [5, 5.41) is 13.9. The van der Waals surface area contributed by atoms with Crippen LogP contribution in [-0.4, -0.2) is 73.4 Å². The number of unbranched alkanes of at least 4 members (excludes halogenated alkanes) is 33. The summed E-state index contributed by atoms with van der Waals surface area (Å²) in [6.07, 6.45) is 54.0. The third kappa shape index (κ3) is 46.8. The minimum atomic E-state index is -4.34. The van der Waals surface area contributed by atoms with Gasteiger partial charge < -0.3 is 19.8 Å². The first-order chi connectivity index (χ1) is 29.5. The van der Waals surface area contributed by atoms with Crippen molar-refractivity contribution in [1.82, 2.24) is 5.32 Å². The van der Waals surface area contributed by atoms with Crippen LogP contribution in [0.5, 0.6) is 0 Å². The molecule has 0 radical (unpaired) electrons. The van der Waals surface area contributed by atoms with Crippen LogP contribution < -0.4 is 5.32 Å². The minimum absolute atomic E-state index is 0.0625. The molecule has 0 aromatic carbocycles. The number of amides is 1. The van der Waals surface area contributed by atoms with Crippen LogP contribution in [0.15, 0.2) is 24.3 Å². The van der Waals surface area contributed by atoms with Crippen LogP contribution in [0, 0.1) is 0 Å². The summed E-state index contributed by atoms with van der Waals surface area (Å²) in [6.45, 7) is 4.83. The molecule has 9 heteroatoms. The Hall–Kier alpha value is -1.02. The Balaban J connectivity index is 4.20. The van der Waals surface area contributed by atoms with Crippen molar-refractivity contribution >= 4 is 13.7 Å². The van der Waals surface area contributed by atoms with Crippen molar-refractivity contribution in [1.29, 1.82) is 0 Å². The number of quaternary nitrogens is 1. The van der Waals surface area contributed by atoms with Gasteiger partial charge in [-0.1, -0.05) is 224 Å². The van der Waals surface area contributed by atoms with E-state index in [0.29, 0.717) is 17.4 Å². The normalized spacial score (nSPS) is 14.3. The molecule has 0 saturated heterocycles. The summed E-state index contributed by atoms with van der Waals surface area (Å²) >= 11 is 0. The fraction of sp³-hybridized carbons (Fsp3) is 0.904. The lowest BCUT2D eigenvalue weighted by atomic mass is 10.0. The van der Waals surface area contributed by atoms with Crippen LogP contribution in [0.3, 0.4) is 0 Å². The average molecular weight is 884 g/mol. The second-order valence-electron chi connectivity index (χ2n) is 19.3. The molecule has 0 bridgehead atoms. The average Bonchev–Trinajstić information content (AvgIpc) is 3.21. The van der Waals surface area contributed by atoms with Crippen molar-refractivity contribution in [2.24, 2.45) is 0 Å². The second kappa shape index (κ2) is 44.2. The molecular formula is C52H104N2O6P+. The number of nitrogens with zero attached hydrogens (tertiary/aromatic N) is 1. The fourth-order valence-electron chi connectivity index (χ4n) is 7.74. The van der Waals surface area contributed by atoms with Crippen molar-refractivity contribution in [3.8, 4) is 0 Å². The van der Waals surface area contributed by atoms with Gasteiger partial charge in [-0.3, -0.25) is 13.8 Å². The lowest BCUT2D eigenvalue weighted by molar-refractivity contribution is -0.870. The molecule has 0 saturated carbocycles. The van der Waals surface area contributed by atoms with Gasteiger partial charge in [0, 0.05) is 6.42 Å². The molecule has 0 aliphatic carbocycles. The zero-order valence-electron chi connectivity index (χ0n) is 41.2. The largest absolute Gasteiger partial charge is 0.472 e. The number of rotatable bonds is 48. The summed E-state index contributed by atoms with van der Waals surface area (Å²) in [4.78, 5) is 23.2. The van der Waals surface area contributed by atoms with Crippen molar-refractivity contribution in [2.75, 3.05) is 40.9 Å². The van der Waals surface area contributed by atoms with E-state index in [1.54, 1.807) is 6.08 Å². The third-order valence-electron chi connectivity index (χ3n) is 11.9. The van der Waals surface area contributed by atoms with Gasteiger partial charge in [0.05, 0.1) is 39.9 Å². The molecule has 0 heterocycles. The van der Waals surface area contributed by atoms with E-state index >= 15 is 0 Å². The standard InChI is InChI=1S/C52H103N2O6P/c1-6-8-10-12-14-16-18-20-22-23-24-25-26-27-28-29-30-31-32-34-36-38-40-42-44-46-52(56)53-50(49-60-61(57,58)59-48-47-54(3,4)5)51(55)45-43-41-39-37-35-33-21-19-17-15-13-11-9-7-2/h27-28,43,45,50-51,55H,6-26,29-42,44,46-49H2,1-5H3,(H-,53,56,57,58)/p+1/b28-27-,45-43+. The number of phosphoric acid groups is 1. The van der Waals surface area contributed by atoms with E-state index in [9.17, 15) is 19.4 Å². The van der Waals surface area contributed by atoms with E-state index in [4.69, 9.17) is 9.05 Å². The highest BCUT2D eigenvalue weighted by molar-refractivity contribution is 7.47. The molecule has 0 fully saturated rings. The van der Waals surface area contributed by atoms with E-state index in [-0.39, 0.29) is 19.1 Å². The van der Waals surface area contributed by atoms with Crippen LogP contribution in [-0.2, 0) is 18.4 Å². The number of phosphoric ester groups is 1. The molecule has 8 nitrogen and oxygen atoms in total. The minimum Gasteiger partial charge on any atom is -0.387 e. The van der Waals surface area contributed by atoms with E-state index in [0.717, 1.165) is 38.5 Å². The highest BCUT2D eigenvalue weighted by Gasteiger charge is 2.27. The zero-order chi connectivity index (χ0) is 45.0. The van der Waals surface area contributed by atoms with Crippen LogP contribution >= 0.6 is 7.82 Å². The molecule has 0 aliphatic rings. The molecular weight excluding hydrogens is 780 g/mol. The van der Waals surface area contributed by atoms with Crippen molar-refractivity contribution in [3.05, 3.63) is 24.3 Å². The van der Waals surface area contributed by atoms with Crippen molar-refractivity contribution < 1.29 is 32.9 Å². The van der Waals surface area contributed by atoms with E-state index in [1.165, 1.54) is 193 Å². The number of carbonyl (C=O) groups excluding carboxylic acids is 1. The number of allylic oxidation sites excluding steroid dienone is 3. The Kier molecular flexibility index (Phi) is 43.5. The van der Waals surface area contributed by atoms with Crippen LogP contribution in [0.4, 0.5) is 0 Å². The van der Waals surface area contributed by atoms with Gasteiger partial charge in [-0.25, -0.2) is 4.57 Å². The highest BCUT2D eigenvalue weighted by atomic mass is 31.2. The summed E-state index contributed by atoms with van der Waals surface area (Å²) in [5.41, 5.74) is 0. The Morgan fingerprint density at radius 1 is 0.541 bits per heavy atom. The predicted octanol–water partition coefficient (Wildman–Crippen LogP) is 15.3. The van der Waals surface area contributed by atoms with Gasteiger partial charge in [0.2, 0.25) is 5.91 Å². The number of aliphatic hydroxyl groups excluding tert-OH is 1. The lowest BCUT2D eigenvalue weighted by Gasteiger charge is -2.25. The second-order valence-corrected chi connectivity index (χ2v) is 20.7.